The van der Waals surface area contributed by atoms with E-state index in [1.807, 2.05) is 18.2 Å². The summed E-state index contributed by atoms with van der Waals surface area (Å²) in [5.74, 6) is 2.01. The Hall–Kier alpha value is -2.01. The maximum atomic E-state index is 5.56. The summed E-state index contributed by atoms with van der Waals surface area (Å²) < 4.78 is 7.61. The maximum Gasteiger partial charge on any atom is 0.144 e. The van der Waals surface area contributed by atoms with Crippen LogP contribution in [-0.2, 0) is 6.42 Å². The lowest BCUT2D eigenvalue weighted by atomic mass is 9.96. The highest BCUT2D eigenvalue weighted by molar-refractivity contribution is 5.60. The number of hydrogen-bond acceptors (Lipinski definition) is 4. The van der Waals surface area contributed by atoms with Gasteiger partial charge in [-0.25, -0.2) is 4.68 Å². The molecule has 2 aliphatic heterocycles. The molecule has 0 spiro atoms. The molecule has 0 radical (unpaired) electrons. The molecule has 0 saturated carbocycles. The van der Waals surface area contributed by atoms with Gasteiger partial charge in [0.2, 0.25) is 0 Å². The number of hydrogen-bond donors (Lipinski definition) is 1. The molecule has 2 aromatic rings. The van der Waals surface area contributed by atoms with Crippen LogP contribution in [0.3, 0.4) is 0 Å². The van der Waals surface area contributed by atoms with Crippen LogP contribution in [0.4, 0.5) is 5.82 Å². The number of rotatable bonds is 4. The van der Waals surface area contributed by atoms with Gasteiger partial charge in [-0.3, -0.25) is 4.90 Å². The first kappa shape index (κ1) is 15.5. The summed E-state index contributed by atoms with van der Waals surface area (Å²) in [6, 6.07) is 8.57. The molecule has 24 heavy (non-hydrogen) atoms. The minimum Gasteiger partial charge on any atom is -0.494 e. The van der Waals surface area contributed by atoms with Crippen molar-refractivity contribution in [3.05, 3.63) is 35.5 Å². The average molecular weight is 326 g/mol. The van der Waals surface area contributed by atoms with Crippen molar-refractivity contribution < 1.29 is 4.74 Å². The van der Waals surface area contributed by atoms with Crippen molar-refractivity contribution >= 4 is 5.82 Å². The second-order valence-corrected chi connectivity index (χ2v) is 6.61. The molecule has 1 unspecified atom stereocenters. The zero-order valence-corrected chi connectivity index (χ0v) is 14.6. The van der Waals surface area contributed by atoms with Crippen molar-refractivity contribution in [2.24, 2.45) is 0 Å². The van der Waals surface area contributed by atoms with Crippen molar-refractivity contribution in [1.29, 1.82) is 0 Å². The van der Waals surface area contributed by atoms with Gasteiger partial charge in [0.1, 0.15) is 17.3 Å². The van der Waals surface area contributed by atoms with E-state index in [0.29, 0.717) is 6.04 Å². The number of likely N-dealkylation sites (tertiary alicyclic amines) is 1. The Morgan fingerprint density at radius 2 is 2.17 bits per heavy atom. The molecule has 1 fully saturated rings. The number of anilines is 1. The first-order chi connectivity index (χ1) is 11.8. The number of nitrogens with zero attached hydrogens (tertiary/aromatic N) is 3. The molecule has 1 aromatic carbocycles. The zero-order chi connectivity index (χ0) is 16.5. The molecular formula is C19H26N4O. The Balaban J connectivity index is 1.80. The lowest BCUT2D eigenvalue weighted by molar-refractivity contribution is 0.153. The summed E-state index contributed by atoms with van der Waals surface area (Å²) in [5, 5.41) is 8.60. The van der Waals surface area contributed by atoms with Crippen LogP contribution >= 0.6 is 0 Å². The number of nitrogens with one attached hydrogen (secondary N) is 1. The molecule has 1 N–H and O–H groups in total. The highest BCUT2D eigenvalue weighted by Gasteiger charge is 2.32. The minimum atomic E-state index is 0.452. The fourth-order valence-corrected chi connectivity index (χ4v) is 4.13. The Labute approximate surface area is 143 Å². The fraction of sp³-hybridized carbons (Fsp3) is 0.526. The van der Waals surface area contributed by atoms with Crippen molar-refractivity contribution in [3.63, 3.8) is 0 Å². The number of ether oxygens (including phenoxy) is 1. The third-order valence-corrected chi connectivity index (χ3v) is 5.33. The number of benzene rings is 1. The van der Waals surface area contributed by atoms with Gasteiger partial charge in [0.15, 0.2) is 0 Å². The zero-order valence-electron chi connectivity index (χ0n) is 14.6. The molecule has 4 rings (SSSR count). The van der Waals surface area contributed by atoms with E-state index < -0.39 is 0 Å². The Kier molecular flexibility index (Phi) is 4.19. The molecule has 1 atom stereocenters. The standard InChI is InChI=1S/C19H26N4O/c1-3-22-13-7-6-9-16(22)18-14-11-12-20-19(14)23(21-18)15-8-4-5-10-17(15)24-2/h4-5,8,10,16,20H,3,6-7,9,11-13H2,1-2H3. The van der Waals surface area contributed by atoms with Gasteiger partial charge in [-0.05, 0) is 44.5 Å². The number of fused-ring (bicyclic) bond motifs is 1. The Morgan fingerprint density at radius 3 is 3.00 bits per heavy atom. The summed E-state index contributed by atoms with van der Waals surface area (Å²) in [5.41, 5.74) is 3.67. The van der Waals surface area contributed by atoms with Crippen molar-refractivity contribution in [2.45, 2.75) is 38.6 Å². The molecule has 0 aliphatic carbocycles. The van der Waals surface area contributed by atoms with E-state index in [4.69, 9.17) is 9.84 Å². The second kappa shape index (κ2) is 6.48. The van der Waals surface area contributed by atoms with Crippen LogP contribution in [0.1, 0.15) is 43.5 Å². The maximum absolute atomic E-state index is 5.56. The van der Waals surface area contributed by atoms with Gasteiger partial charge in [0, 0.05) is 12.1 Å². The third-order valence-electron chi connectivity index (χ3n) is 5.33. The Morgan fingerprint density at radius 1 is 1.29 bits per heavy atom. The van der Waals surface area contributed by atoms with E-state index in [1.54, 1.807) is 7.11 Å². The molecular weight excluding hydrogens is 300 g/mol. The number of para-hydroxylation sites is 2. The van der Waals surface area contributed by atoms with Gasteiger partial charge in [0.25, 0.3) is 0 Å². The Bertz CT molecular complexity index is 724. The summed E-state index contributed by atoms with van der Waals surface area (Å²) in [6.45, 7) is 5.53. The normalized spacial score (nSPS) is 20.7. The molecule has 3 heterocycles. The van der Waals surface area contributed by atoms with E-state index >= 15 is 0 Å². The molecule has 5 nitrogen and oxygen atoms in total. The van der Waals surface area contributed by atoms with Gasteiger partial charge >= 0.3 is 0 Å². The van der Waals surface area contributed by atoms with Crippen LogP contribution in [0.5, 0.6) is 5.75 Å². The van der Waals surface area contributed by atoms with Crippen molar-refractivity contribution in [3.8, 4) is 11.4 Å². The van der Waals surface area contributed by atoms with Crippen LogP contribution in [0.15, 0.2) is 24.3 Å². The fourth-order valence-electron chi connectivity index (χ4n) is 4.13. The topological polar surface area (TPSA) is 42.3 Å². The minimum absolute atomic E-state index is 0.452. The smallest absolute Gasteiger partial charge is 0.144 e. The summed E-state index contributed by atoms with van der Waals surface area (Å²) in [4.78, 5) is 2.58. The van der Waals surface area contributed by atoms with Crippen LogP contribution in [0.25, 0.3) is 5.69 Å². The van der Waals surface area contributed by atoms with Crippen LogP contribution < -0.4 is 10.1 Å². The molecule has 128 valence electrons. The van der Waals surface area contributed by atoms with E-state index in [9.17, 15) is 0 Å². The molecule has 0 bridgehead atoms. The largest absolute Gasteiger partial charge is 0.494 e. The van der Waals surface area contributed by atoms with E-state index in [-0.39, 0.29) is 0 Å². The average Bonchev–Trinajstić information content (AvgIpc) is 3.24. The highest BCUT2D eigenvalue weighted by Crippen LogP contribution is 2.39. The van der Waals surface area contributed by atoms with Gasteiger partial charge in [-0.15, -0.1) is 0 Å². The van der Waals surface area contributed by atoms with Crippen LogP contribution in [0, 0.1) is 0 Å². The third kappa shape index (κ3) is 2.47. The predicted molar refractivity (Wildman–Crippen MR) is 96.1 cm³/mol. The van der Waals surface area contributed by atoms with Gasteiger partial charge < -0.3 is 10.1 Å². The lowest BCUT2D eigenvalue weighted by Gasteiger charge is -2.34. The van der Waals surface area contributed by atoms with E-state index in [2.05, 4.69) is 27.9 Å². The first-order valence-corrected chi connectivity index (χ1v) is 9.06. The number of aromatic nitrogens is 2. The number of methoxy groups -OCH3 is 1. The van der Waals surface area contributed by atoms with Gasteiger partial charge in [0.05, 0.1) is 18.8 Å². The summed E-state index contributed by atoms with van der Waals surface area (Å²) in [7, 11) is 1.72. The van der Waals surface area contributed by atoms with Gasteiger partial charge in [-0.1, -0.05) is 25.5 Å². The SMILES string of the molecule is CCN1CCCCC1c1nn(-c2ccccc2OC)c2c1CCN2. The molecule has 2 aliphatic rings. The predicted octanol–water partition coefficient (Wildman–Crippen LogP) is 3.40. The van der Waals surface area contributed by atoms with Crippen molar-refractivity contribution in [1.82, 2.24) is 14.7 Å². The highest BCUT2D eigenvalue weighted by atomic mass is 16.5. The second-order valence-electron chi connectivity index (χ2n) is 6.61. The number of piperidine rings is 1. The summed E-state index contributed by atoms with van der Waals surface area (Å²) in [6.07, 6.45) is 4.87. The van der Waals surface area contributed by atoms with E-state index in [0.717, 1.165) is 36.8 Å². The molecule has 0 amide bonds. The first-order valence-electron chi connectivity index (χ1n) is 9.06. The quantitative estimate of drug-likeness (QED) is 0.935. The molecule has 5 heteroatoms. The van der Waals surface area contributed by atoms with Crippen LogP contribution in [-0.4, -0.2) is 41.4 Å². The van der Waals surface area contributed by atoms with Crippen LogP contribution in [0.2, 0.25) is 0 Å². The molecule has 1 saturated heterocycles. The monoisotopic (exact) mass is 326 g/mol. The summed E-state index contributed by atoms with van der Waals surface area (Å²) >= 11 is 0. The van der Waals surface area contributed by atoms with Crippen molar-refractivity contribution in [2.75, 3.05) is 32.1 Å². The lowest BCUT2D eigenvalue weighted by Crippen LogP contribution is -2.34. The van der Waals surface area contributed by atoms with E-state index in [1.165, 1.54) is 37.1 Å². The van der Waals surface area contributed by atoms with Gasteiger partial charge in [-0.2, -0.15) is 5.10 Å². The molecule has 1 aromatic heterocycles.